The van der Waals surface area contributed by atoms with Crippen molar-refractivity contribution in [1.82, 2.24) is 10.3 Å². The Morgan fingerprint density at radius 1 is 1.03 bits per heavy atom. The van der Waals surface area contributed by atoms with Crippen molar-refractivity contribution in [2.75, 3.05) is 56.2 Å². The average Bonchev–Trinajstić information content (AvgIpc) is 2.78. The zero-order valence-electron chi connectivity index (χ0n) is 17.2. The quantitative estimate of drug-likeness (QED) is 0.654. The van der Waals surface area contributed by atoms with Gasteiger partial charge in [0.25, 0.3) is 5.91 Å². The molecule has 156 valence electrons. The summed E-state index contributed by atoms with van der Waals surface area (Å²) in [5, 5.41) is 2.83. The number of hydrogen-bond donors (Lipinski definition) is 1. The molecule has 7 heteroatoms. The third-order valence-electron chi connectivity index (χ3n) is 5.06. The summed E-state index contributed by atoms with van der Waals surface area (Å²) in [6.45, 7) is 6.79. The van der Waals surface area contributed by atoms with Crippen LogP contribution < -0.4 is 19.9 Å². The van der Waals surface area contributed by atoms with E-state index in [0.717, 1.165) is 26.2 Å². The summed E-state index contributed by atoms with van der Waals surface area (Å²) in [7, 11) is 1.61. The van der Waals surface area contributed by atoms with Crippen molar-refractivity contribution < 1.29 is 14.3 Å². The van der Waals surface area contributed by atoms with Crippen LogP contribution in [0, 0.1) is 0 Å². The third-order valence-corrected chi connectivity index (χ3v) is 5.06. The number of hydrogen-bond acceptors (Lipinski definition) is 6. The standard InChI is InChI=1S/C22H30N4O3/c1-3-21(22(27)24-12-17-28-2)29-20-6-4-18(5-7-20)25-13-15-26(16-14-25)19-8-10-23-11-9-19/h4-11,21H,3,12-17H2,1-2H3,(H,24,27). The number of pyridine rings is 1. The number of amides is 1. The number of aromatic nitrogens is 1. The molecule has 0 aliphatic carbocycles. The zero-order chi connectivity index (χ0) is 20.5. The van der Waals surface area contributed by atoms with Crippen LogP contribution in [0.15, 0.2) is 48.8 Å². The van der Waals surface area contributed by atoms with E-state index in [4.69, 9.17) is 9.47 Å². The molecule has 2 aromatic rings. The number of carbonyl (C=O) groups is 1. The number of methoxy groups -OCH3 is 1. The van der Waals surface area contributed by atoms with Gasteiger partial charge in [0.1, 0.15) is 5.75 Å². The van der Waals surface area contributed by atoms with Gasteiger partial charge in [-0.3, -0.25) is 9.78 Å². The lowest BCUT2D eigenvalue weighted by atomic mass is 10.2. The topological polar surface area (TPSA) is 66.9 Å². The number of piperazine rings is 1. The summed E-state index contributed by atoms with van der Waals surface area (Å²) in [5.41, 5.74) is 2.39. The molecular weight excluding hydrogens is 368 g/mol. The molecule has 1 aliphatic rings. The Morgan fingerprint density at radius 3 is 2.17 bits per heavy atom. The second-order valence-electron chi connectivity index (χ2n) is 6.97. The Bertz CT molecular complexity index is 746. The molecule has 1 fully saturated rings. The van der Waals surface area contributed by atoms with Crippen molar-refractivity contribution in [3.63, 3.8) is 0 Å². The molecule has 0 radical (unpaired) electrons. The van der Waals surface area contributed by atoms with Crippen LogP contribution in [0.5, 0.6) is 5.75 Å². The van der Waals surface area contributed by atoms with E-state index >= 15 is 0 Å². The molecule has 1 atom stereocenters. The highest BCUT2D eigenvalue weighted by atomic mass is 16.5. The summed E-state index contributed by atoms with van der Waals surface area (Å²) in [6, 6.07) is 12.1. The van der Waals surface area contributed by atoms with Gasteiger partial charge in [0.15, 0.2) is 6.10 Å². The van der Waals surface area contributed by atoms with Crippen LogP contribution >= 0.6 is 0 Å². The number of carbonyl (C=O) groups excluding carboxylic acids is 1. The molecule has 2 heterocycles. The van der Waals surface area contributed by atoms with Gasteiger partial charge < -0.3 is 24.6 Å². The van der Waals surface area contributed by atoms with Gasteiger partial charge in [0, 0.05) is 63.6 Å². The fraction of sp³-hybridized carbons (Fsp3) is 0.455. The predicted octanol–water partition coefficient (Wildman–Crippen LogP) is 2.33. The highest BCUT2D eigenvalue weighted by Crippen LogP contribution is 2.23. The Hall–Kier alpha value is -2.80. The van der Waals surface area contributed by atoms with Gasteiger partial charge in [-0.2, -0.15) is 0 Å². The first-order valence-electron chi connectivity index (χ1n) is 10.1. The van der Waals surface area contributed by atoms with Crippen LogP contribution in [0.25, 0.3) is 0 Å². The Balaban J connectivity index is 1.51. The summed E-state index contributed by atoms with van der Waals surface area (Å²) in [6.07, 6.45) is 3.78. The predicted molar refractivity (Wildman–Crippen MR) is 115 cm³/mol. The SMILES string of the molecule is CCC(Oc1ccc(N2CCN(c3ccncc3)CC2)cc1)C(=O)NCCOC. The van der Waals surface area contributed by atoms with Crippen molar-refractivity contribution in [3.8, 4) is 5.75 Å². The van der Waals surface area contributed by atoms with Crippen LogP contribution in [-0.4, -0.2) is 63.4 Å². The number of ether oxygens (including phenoxy) is 2. The van der Waals surface area contributed by atoms with Gasteiger partial charge in [0.2, 0.25) is 0 Å². The van der Waals surface area contributed by atoms with Gasteiger partial charge in [0.05, 0.1) is 6.61 Å². The Morgan fingerprint density at radius 2 is 1.62 bits per heavy atom. The minimum absolute atomic E-state index is 0.110. The molecule has 3 rings (SSSR count). The molecule has 1 amide bonds. The van der Waals surface area contributed by atoms with E-state index in [-0.39, 0.29) is 5.91 Å². The number of benzene rings is 1. The van der Waals surface area contributed by atoms with Gasteiger partial charge in [-0.05, 0) is 42.8 Å². The van der Waals surface area contributed by atoms with E-state index in [1.807, 2.05) is 31.5 Å². The average molecular weight is 399 g/mol. The lowest BCUT2D eigenvalue weighted by Gasteiger charge is -2.37. The summed E-state index contributed by atoms with van der Waals surface area (Å²) < 4.78 is 10.8. The Kier molecular flexibility index (Phi) is 7.69. The van der Waals surface area contributed by atoms with Crippen molar-refractivity contribution in [2.24, 2.45) is 0 Å². The monoisotopic (exact) mass is 398 g/mol. The molecular formula is C22H30N4O3. The highest BCUT2D eigenvalue weighted by Gasteiger charge is 2.19. The zero-order valence-corrected chi connectivity index (χ0v) is 17.2. The minimum atomic E-state index is -0.499. The largest absolute Gasteiger partial charge is 0.481 e. The van der Waals surface area contributed by atoms with E-state index in [0.29, 0.717) is 25.3 Å². The fourth-order valence-electron chi connectivity index (χ4n) is 3.39. The van der Waals surface area contributed by atoms with E-state index in [2.05, 4.69) is 44.4 Å². The van der Waals surface area contributed by atoms with Crippen LogP contribution in [0.3, 0.4) is 0 Å². The molecule has 0 bridgehead atoms. The maximum Gasteiger partial charge on any atom is 0.261 e. The first-order valence-corrected chi connectivity index (χ1v) is 10.1. The molecule has 0 spiro atoms. The molecule has 7 nitrogen and oxygen atoms in total. The van der Waals surface area contributed by atoms with E-state index < -0.39 is 6.10 Å². The van der Waals surface area contributed by atoms with Crippen LogP contribution in [0.4, 0.5) is 11.4 Å². The number of rotatable bonds is 9. The molecule has 29 heavy (non-hydrogen) atoms. The second kappa shape index (κ2) is 10.7. The maximum absolute atomic E-state index is 12.2. The number of nitrogens with one attached hydrogen (secondary N) is 1. The summed E-state index contributed by atoms with van der Waals surface area (Å²) >= 11 is 0. The Labute approximate surface area is 172 Å². The molecule has 1 N–H and O–H groups in total. The fourth-order valence-corrected chi connectivity index (χ4v) is 3.39. The van der Waals surface area contributed by atoms with Crippen molar-refractivity contribution in [3.05, 3.63) is 48.8 Å². The van der Waals surface area contributed by atoms with E-state index in [1.165, 1.54) is 11.4 Å². The lowest BCUT2D eigenvalue weighted by molar-refractivity contribution is -0.128. The normalized spacial score (nSPS) is 15.1. The van der Waals surface area contributed by atoms with Crippen LogP contribution in [-0.2, 0) is 9.53 Å². The molecule has 1 saturated heterocycles. The van der Waals surface area contributed by atoms with Crippen LogP contribution in [0.1, 0.15) is 13.3 Å². The lowest BCUT2D eigenvalue weighted by Crippen LogP contribution is -2.46. The smallest absolute Gasteiger partial charge is 0.261 e. The van der Waals surface area contributed by atoms with E-state index in [1.54, 1.807) is 7.11 Å². The third kappa shape index (κ3) is 5.84. The van der Waals surface area contributed by atoms with Crippen molar-refractivity contribution in [2.45, 2.75) is 19.4 Å². The first kappa shape index (κ1) is 20.9. The molecule has 1 unspecified atom stereocenters. The minimum Gasteiger partial charge on any atom is -0.481 e. The number of anilines is 2. The van der Waals surface area contributed by atoms with E-state index in [9.17, 15) is 4.79 Å². The second-order valence-corrected chi connectivity index (χ2v) is 6.97. The maximum atomic E-state index is 12.2. The van der Waals surface area contributed by atoms with Gasteiger partial charge in [-0.1, -0.05) is 6.92 Å². The highest BCUT2D eigenvalue weighted by molar-refractivity contribution is 5.81. The van der Waals surface area contributed by atoms with Crippen LogP contribution in [0.2, 0.25) is 0 Å². The molecule has 0 saturated carbocycles. The van der Waals surface area contributed by atoms with Crippen molar-refractivity contribution in [1.29, 1.82) is 0 Å². The summed E-state index contributed by atoms with van der Waals surface area (Å²) in [5.74, 6) is 0.596. The molecule has 1 aromatic carbocycles. The van der Waals surface area contributed by atoms with Gasteiger partial charge >= 0.3 is 0 Å². The molecule has 1 aliphatic heterocycles. The summed E-state index contributed by atoms with van der Waals surface area (Å²) in [4.78, 5) is 21.0. The van der Waals surface area contributed by atoms with Gasteiger partial charge in [-0.25, -0.2) is 0 Å². The first-order chi connectivity index (χ1) is 14.2. The number of nitrogens with zero attached hydrogens (tertiary/aromatic N) is 3. The van der Waals surface area contributed by atoms with Crippen molar-refractivity contribution >= 4 is 17.3 Å². The van der Waals surface area contributed by atoms with Gasteiger partial charge in [-0.15, -0.1) is 0 Å². The molecule has 1 aromatic heterocycles.